The van der Waals surface area contributed by atoms with Gasteiger partial charge in [0.15, 0.2) is 0 Å². The Kier molecular flexibility index (Phi) is 3.62. The summed E-state index contributed by atoms with van der Waals surface area (Å²) in [5, 5.41) is 12.1. The molecule has 1 saturated carbocycles. The number of aromatic nitrogens is 1. The van der Waals surface area contributed by atoms with Crippen LogP contribution in [0, 0.1) is 11.8 Å². The molecule has 1 heterocycles. The molecule has 2 atom stereocenters. The molecule has 1 aliphatic carbocycles. The zero-order valence-electron chi connectivity index (χ0n) is 9.28. The number of hydrogen-bond acceptors (Lipinski definition) is 2. The summed E-state index contributed by atoms with van der Waals surface area (Å²) in [5.41, 5.74) is 0.596. The molecule has 4 nitrogen and oxygen atoms in total. The van der Waals surface area contributed by atoms with E-state index >= 15 is 0 Å². The summed E-state index contributed by atoms with van der Waals surface area (Å²) in [6.45, 7) is 0.909. The van der Waals surface area contributed by atoms with E-state index in [0.717, 1.165) is 19.3 Å². The Morgan fingerprint density at radius 1 is 1.50 bits per heavy atom. The van der Waals surface area contributed by atoms with E-state index in [1.807, 2.05) is 0 Å². The van der Waals surface area contributed by atoms with Gasteiger partial charge in [0.25, 0.3) is 5.91 Å². The van der Waals surface area contributed by atoms with Crippen molar-refractivity contribution in [3.8, 4) is 0 Å². The first-order chi connectivity index (χ1) is 7.81. The third kappa shape index (κ3) is 2.44. The highest BCUT2D eigenvalue weighted by atomic mass is 16.3. The highest BCUT2D eigenvalue weighted by molar-refractivity contribution is 5.92. The lowest BCUT2D eigenvalue weighted by atomic mass is 9.97. The fourth-order valence-electron chi connectivity index (χ4n) is 2.41. The average molecular weight is 222 g/mol. The van der Waals surface area contributed by atoms with Gasteiger partial charge in [-0.3, -0.25) is 4.79 Å². The first kappa shape index (κ1) is 11.2. The number of aromatic amines is 1. The predicted molar refractivity (Wildman–Crippen MR) is 61.0 cm³/mol. The van der Waals surface area contributed by atoms with Gasteiger partial charge in [0.2, 0.25) is 0 Å². The minimum Gasteiger partial charge on any atom is -0.396 e. The first-order valence-corrected chi connectivity index (χ1v) is 5.83. The maximum atomic E-state index is 11.7. The molecule has 0 bridgehead atoms. The van der Waals surface area contributed by atoms with E-state index in [4.69, 9.17) is 5.11 Å². The van der Waals surface area contributed by atoms with Crippen molar-refractivity contribution in [3.05, 3.63) is 24.0 Å². The van der Waals surface area contributed by atoms with E-state index in [9.17, 15) is 4.79 Å². The molecule has 0 aliphatic heterocycles. The maximum Gasteiger partial charge on any atom is 0.267 e. The molecule has 4 heteroatoms. The van der Waals surface area contributed by atoms with E-state index in [-0.39, 0.29) is 12.5 Å². The summed E-state index contributed by atoms with van der Waals surface area (Å²) in [4.78, 5) is 14.5. The molecule has 88 valence electrons. The van der Waals surface area contributed by atoms with Crippen LogP contribution in [0.3, 0.4) is 0 Å². The molecule has 3 N–H and O–H groups in total. The lowest BCUT2D eigenvalue weighted by molar-refractivity contribution is 0.0933. The number of hydrogen-bond donors (Lipinski definition) is 3. The molecule has 0 spiro atoms. The van der Waals surface area contributed by atoms with Crippen LogP contribution in [0.4, 0.5) is 0 Å². The molecule has 1 aliphatic rings. The van der Waals surface area contributed by atoms with Gasteiger partial charge in [0.1, 0.15) is 5.69 Å². The van der Waals surface area contributed by atoms with Crippen molar-refractivity contribution in [2.75, 3.05) is 13.2 Å². The standard InChI is InChI=1S/C12H18N2O2/c15-8-10-4-1-3-9(10)7-14-12(16)11-5-2-6-13-11/h2,5-6,9-10,13,15H,1,3-4,7-8H2,(H,14,16). The quantitative estimate of drug-likeness (QED) is 0.715. The zero-order chi connectivity index (χ0) is 11.4. The van der Waals surface area contributed by atoms with Crippen molar-refractivity contribution in [1.29, 1.82) is 0 Å². The topological polar surface area (TPSA) is 65.1 Å². The molecule has 16 heavy (non-hydrogen) atoms. The SMILES string of the molecule is O=C(NCC1CCCC1CO)c1ccc[nH]1. The number of rotatable bonds is 4. The highest BCUT2D eigenvalue weighted by Gasteiger charge is 2.26. The zero-order valence-corrected chi connectivity index (χ0v) is 9.28. The van der Waals surface area contributed by atoms with Gasteiger partial charge in [0.05, 0.1) is 0 Å². The number of H-pyrrole nitrogens is 1. The summed E-state index contributed by atoms with van der Waals surface area (Å²) >= 11 is 0. The predicted octanol–water partition coefficient (Wildman–Crippen LogP) is 1.15. The van der Waals surface area contributed by atoms with E-state index in [1.54, 1.807) is 18.3 Å². The van der Waals surface area contributed by atoms with Crippen LogP contribution in [0.2, 0.25) is 0 Å². The molecular weight excluding hydrogens is 204 g/mol. The molecule has 1 aromatic heterocycles. The summed E-state index contributed by atoms with van der Waals surface area (Å²) in [5.74, 6) is 0.737. The average Bonchev–Trinajstić information content (AvgIpc) is 2.96. The Hall–Kier alpha value is -1.29. The Morgan fingerprint density at radius 2 is 2.31 bits per heavy atom. The van der Waals surface area contributed by atoms with Crippen LogP contribution >= 0.6 is 0 Å². The second-order valence-corrected chi connectivity index (χ2v) is 4.43. The van der Waals surface area contributed by atoms with Crippen LogP contribution in [0.5, 0.6) is 0 Å². The lowest BCUT2D eigenvalue weighted by Crippen LogP contribution is -2.31. The molecule has 0 radical (unpaired) electrons. The Bertz CT molecular complexity index is 335. The van der Waals surface area contributed by atoms with E-state index in [1.165, 1.54) is 0 Å². The fraction of sp³-hybridized carbons (Fsp3) is 0.583. The summed E-state index contributed by atoms with van der Waals surface area (Å²) in [6.07, 6.45) is 5.09. The van der Waals surface area contributed by atoms with Gasteiger partial charge in [-0.25, -0.2) is 0 Å². The number of aliphatic hydroxyl groups excluding tert-OH is 1. The molecule has 1 fully saturated rings. The minimum atomic E-state index is -0.0615. The maximum absolute atomic E-state index is 11.7. The minimum absolute atomic E-state index is 0.0615. The Labute approximate surface area is 95.1 Å². The van der Waals surface area contributed by atoms with Crippen LogP contribution in [0.15, 0.2) is 18.3 Å². The van der Waals surface area contributed by atoms with Crippen molar-refractivity contribution in [1.82, 2.24) is 10.3 Å². The largest absolute Gasteiger partial charge is 0.396 e. The van der Waals surface area contributed by atoms with E-state index in [0.29, 0.717) is 24.1 Å². The molecule has 0 saturated heterocycles. The number of carbonyl (C=O) groups excluding carboxylic acids is 1. The molecule has 2 rings (SSSR count). The van der Waals surface area contributed by atoms with Gasteiger partial charge in [-0.2, -0.15) is 0 Å². The number of carbonyl (C=O) groups is 1. The van der Waals surface area contributed by atoms with Crippen LogP contribution in [-0.4, -0.2) is 29.1 Å². The van der Waals surface area contributed by atoms with E-state index in [2.05, 4.69) is 10.3 Å². The summed E-state index contributed by atoms with van der Waals surface area (Å²) in [6, 6.07) is 3.56. The van der Waals surface area contributed by atoms with Gasteiger partial charge in [0, 0.05) is 19.3 Å². The Balaban J connectivity index is 1.81. The molecular formula is C12H18N2O2. The van der Waals surface area contributed by atoms with Crippen molar-refractivity contribution < 1.29 is 9.90 Å². The van der Waals surface area contributed by atoms with Crippen molar-refractivity contribution in [3.63, 3.8) is 0 Å². The van der Waals surface area contributed by atoms with Crippen LogP contribution in [-0.2, 0) is 0 Å². The van der Waals surface area contributed by atoms with Gasteiger partial charge >= 0.3 is 0 Å². The molecule has 1 aromatic rings. The first-order valence-electron chi connectivity index (χ1n) is 5.83. The second-order valence-electron chi connectivity index (χ2n) is 4.43. The number of nitrogens with one attached hydrogen (secondary N) is 2. The monoisotopic (exact) mass is 222 g/mol. The number of aliphatic hydroxyl groups is 1. The van der Waals surface area contributed by atoms with Crippen LogP contribution < -0.4 is 5.32 Å². The van der Waals surface area contributed by atoms with Crippen molar-refractivity contribution in [2.45, 2.75) is 19.3 Å². The summed E-state index contributed by atoms with van der Waals surface area (Å²) in [7, 11) is 0. The molecule has 2 unspecified atom stereocenters. The van der Waals surface area contributed by atoms with Crippen molar-refractivity contribution in [2.24, 2.45) is 11.8 Å². The fourth-order valence-corrected chi connectivity index (χ4v) is 2.41. The third-order valence-electron chi connectivity index (χ3n) is 3.42. The second kappa shape index (κ2) is 5.16. The van der Waals surface area contributed by atoms with Gasteiger partial charge < -0.3 is 15.4 Å². The highest BCUT2D eigenvalue weighted by Crippen LogP contribution is 2.30. The van der Waals surface area contributed by atoms with E-state index < -0.39 is 0 Å². The third-order valence-corrected chi connectivity index (χ3v) is 3.42. The smallest absolute Gasteiger partial charge is 0.267 e. The van der Waals surface area contributed by atoms with Gasteiger partial charge in [-0.1, -0.05) is 6.42 Å². The lowest BCUT2D eigenvalue weighted by Gasteiger charge is -2.17. The molecule has 1 amide bonds. The Morgan fingerprint density at radius 3 is 3.00 bits per heavy atom. The summed E-state index contributed by atoms with van der Waals surface area (Å²) < 4.78 is 0. The van der Waals surface area contributed by atoms with Crippen LogP contribution in [0.25, 0.3) is 0 Å². The number of amides is 1. The van der Waals surface area contributed by atoms with Crippen molar-refractivity contribution >= 4 is 5.91 Å². The van der Waals surface area contributed by atoms with Crippen LogP contribution in [0.1, 0.15) is 29.8 Å². The molecule has 0 aromatic carbocycles. The van der Waals surface area contributed by atoms with Gasteiger partial charge in [-0.15, -0.1) is 0 Å². The normalized spacial score (nSPS) is 24.6. The van der Waals surface area contributed by atoms with Gasteiger partial charge in [-0.05, 0) is 36.8 Å².